The fourth-order valence-electron chi connectivity index (χ4n) is 2.19. The molecule has 0 aromatic heterocycles. The molecule has 2 aromatic carbocycles. The molecule has 0 aliphatic heterocycles. The van der Waals surface area contributed by atoms with Crippen molar-refractivity contribution < 1.29 is 5.11 Å². The van der Waals surface area contributed by atoms with Gasteiger partial charge in [0.15, 0.2) is 0 Å². The molecule has 0 saturated heterocycles. The van der Waals surface area contributed by atoms with Gasteiger partial charge in [-0.25, -0.2) is 0 Å². The van der Waals surface area contributed by atoms with Gasteiger partial charge in [-0.2, -0.15) is 0 Å². The van der Waals surface area contributed by atoms with Crippen LogP contribution in [0.4, 0.5) is 0 Å². The zero-order valence-electron chi connectivity index (χ0n) is 13.7. The van der Waals surface area contributed by atoms with Crippen LogP contribution in [0.1, 0.15) is 38.8 Å². The third kappa shape index (κ3) is 8.19. The third-order valence-corrected chi connectivity index (χ3v) is 3.07. The van der Waals surface area contributed by atoms with Crippen LogP contribution in [0.15, 0.2) is 54.6 Å². The van der Waals surface area contributed by atoms with Crippen LogP contribution in [0, 0.1) is 11.8 Å². The molecule has 1 heteroatoms. The summed E-state index contributed by atoms with van der Waals surface area (Å²) in [5.74, 6) is 1.79. The van der Waals surface area contributed by atoms with Crippen molar-refractivity contribution >= 4 is 0 Å². The number of phenols is 1. The van der Waals surface area contributed by atoms with Gasteiger partial charge in [0.2, 0.25) is 0 Å². The first-order valence-corrected chi connectivity index (χ1v) is 7.79. The second kappa shape index (κ2) is 9.23. The van der Waals surface area contributed by atoms with Crippen LogP contribution in [0.25, 0.3) is 0 Å². The Morgan fingerprint density at radius 2 is 1.10 bits per heavy atom. The molecule has 0 atom stereocenters. The average molecular weight is 284 g/mol. The first kappa shape index (κ1) is 17.3. The highest BCUT2D eigenvalue weighted by molar-refractivity contribution is 5.26. The highest BCUT2D eigenvalue weighted by Crippen LogP contribution is 2.12. The molecular weight excluding hydrogens is 256 g/mol. The molecule has 1 N–H and O–H groups in total. The molecule has 0 amide bonds. The number of rotatable bonds is 4. The summed E-state index contributed by atoms with van der Waals surface area (Å²) in [5.41, 5.74) is 2.73. The summed E-state index contributed by atoms with van der Waals surface area (Å²) in [6.07, 6.45) is 2.28. The van der Waals surface area contributed by atoms with Gasteiger partial charge in [0, 0.05) is 0 Å². The van der Waals surface area contributed by atoms with E-state index in [1.54, 1.807) is 12.1 Å². The van der Waals surface area contributed by atoms with E-state index in [2.05, 4.69) is 58.0 Å². The Bertz CT molecular complexity index is 483. The zero-order chi connectivity index (χ0) is 15.7. The van der Waals surface area contributed by atoms with Gasteiger partial charge < -0.3 is 5.11 Å². The summed E-state index contributed by atoms with van der Waals surface area (Å²) in [6, 6.07) is 18.0. The lowest BCUT2D eigenvalue weighted by molar-refractivity contribution is 0.475. The normalized spacial score (nSPS) is 10.4. The fourth-order valence-corrected chi connectivity index (χ4v) is 2.19. The maximum absolute atomic E-state index is 8.99. The molecular formula is C20H28O. The van der Waals surface area contributed by atoms with Crippen LogP contribution in [-0.2, 0) is 12.8 Å². The van der Waals surface area contributed by atoms with Crippen LogP contribution < -0.4 is 0 Å². The summed E-state index contributed by atoms with van der Waals surface area (Å²) >= 11 is 0. The smallest absolute Gasteiger partial charge is 0.115 e. The molecule has 2 rings (SSSR count). The predicted octanol–water partition coefficient (Wildman–Crippen LogP) is 5.48. The van der Waals surface area contributed by atoms with Crippen LogP contribution in [0.2, 0.25) is 0 Å². The van der Waals surface area contributed by atoms with E-state index in [-0.39, 0.29) is 0 Å². The van der Waals surface area contributed by atoms with Crippen molar-refractivity contribution in [2.24, 2.45) is 11.8 Å². The maximum Gasteiger partial charge on any atom is 0.115 e. The Labute approximate surface area is 129 Å². The molecule has 0 radical (unpaired) electrons. The molecule has 0 unspecified atom stereocenters. The molecule has 0 aliphatic carbocycles. The van der Waals surface area contributed by atoms with E-state index < -0.39 is 0 Å². The number of aromatic hydroxyl groups is 1. The Balaban J connectivity index is 0.000000211. The fraction of sp³-hybridized carbons (Fsp3) is 0.400. The monoisotopic (exact) mass is 284 g/mol. The summed E-state index contributed by atoms with van der Waals surface area (Å²) in [5, 5.41) is 8.99. The van der Waals surface area contributed by atoms with Crippen molar-refractivity contribution in [2.75, 3.05) is 0 Å². The third-order valence-electron chi connectivity index (χ3n) is 3.07. The van der Waals surface area contributed by atoms with E-state index in [0.717, 1.165) is 12.3 Å². The van der Waals surface area contributed by atoms with Crippen LogP contribution in [0.3, 0.4) is 0 Å². The van der Waals surface area contributed by atoms with Crippen molar-refractivity contribution in [3.63, 3.8) is 0 Å². The second-order valence-corrected chi connectivity index (χ2v) is 6.35. The van der Waals surface area contributed by atoms with E-state index in [1.807, 2.05) is 12.1 Å². The molecule has 0 heterocycles. The van der Waals surface area contributed by atoms with E-state index in [4.69, 9.17) is 5.11 Å². The molecule has 21 heavy (non-hydrogen) atoms. The largest absolute Gasteiger partial charge is 0.508 e. The molecule has 114 valence electrons. The number of hydrogen-bond acceptors (Lipinski definition) is 1. The quantitative estimate of drug-likeness (QED) is 0.788. The van der Waals surface area contributed by atoms with Gasteiger partial charge in [0.1, 0.15) is 5.75 Å². The summed E-state index contributed by atoms with van der Waals surface area (Å²) in [6.45, 7) is 8.86. The van der Waals surface area contributed by atoms with E-state index in [9.17, 15) is 0 Å². The number of benzene rings is 2. The van der Waals surface area contributed by atoms with Gasteiger partial charge in [-0.15, -0.1) is 0 Å². The van der Waals surface area contributed by atoms with Crippen molar-refractivity contribution in [3.05, 3.63) is 65.7 Å². The lowest BCUT2D eigenvalue weighted by Gasteiger charge is -2.03. The lowest BCUT2D eigenvalue weighted by atomic mass is 10.0. The van der Waals surface area contributed by atoms with E-state index >= 15 is 0 Å². The Morgan fingerprint density at radius 1 is 0.667 bits per heavy atom. The van der Waals surface area contributed by atoms with Gasteiger partial charge in [-0.1, -0.05) is 70.2 Å². The average Bonchev–Trinajstić information content (AvgIpc) is 2.42. The van der Waals surface area contributed by atoms with Crippen molar-refractivity contribution in [3.8, 4) is 5.75 Å². The molecule has 1 nitrogen and oxygen atoms in total. The number of hydrogen-bond donors (Lipinski definition) is 1. The van der Waals surface area contributed by atoms with E-state index in [0.29, 0.717) is 11.7 Å². The van der Waals surface area contributed by atoms with Gasteiger partial charge in [0.25, 0.3) is 0 Å². The Morgan fingerprint density at radius 3 is 1.52 bits per heavy atom. The van der Waals surface area contributed by atoms with Crippen LogP contribution in [-0.4, -0.2) is 5.11 Å². The maximum atomic E-state index is 8.99. The SMILES string of the molecule is CC(C)Cc1ccc(O)cc1.CC(C)Cc1ccccc1. The minimum absolute atomic E-state index is 0.345. The molecule has 0 aliphatic rings. The van der Waals surface area contributed by atoms with Crippen molar-refractivity contribution in [1.82, 2.24) is 0 Å². The lowest BCUT2D eigenvalue weighted by Crippen LogP contribution is -1.92. The number of phenolic OH excluding ortho intramolecular Hbond substituents is 1. The molecule has 2 aromatic rings. The first-order valence-electron chi connectivity index (χ1n) is 7.79. The predicted molar refractivity (Wildman–Crippen MR) is 91.6 cm³/mol. The van der Waals surface area contributed by atoms with Gasteiger partial charge in [0.05, 0.1) is 0 Å². The van der Waals surface area contributed by atoms with E-state index in [1.165, 1.54) is 17.5 Å². The van der Waals surface area contributed by atoms with Crippen molar-refractivity contribution in [1.29, 1.82) is 0 Å². The van der Waals surface area contributed by atoms with Gasteiger partial charge >= 0.3 is 0 Å². The summed E-state index contributed by atoms with van der Waals surface area (Å²) in [7, 11) is 0. The molecule has 0 saturated carbocycles. The molecule has 0 bridgehead atoms. The highest BCUT2D eigenvalue weighted by Gasteiger charge is 1.96. The van der Waals surface area contributed by atoms with Crippen LogP contribution in [0.5, 0.6) is 5.75 Å². The highest BCUT2D eigenvalue weighted by atomic mass is 16.3. The summed E-state index contributed by atoms with van der Waals surface area (Å²) in [4.78, 5) is 0. The van der Waals surface area contributed by atoms with Gasteiger partial charge in [-0.3, -0.25) is 0 Å². The molecule has 0 fully saturated rings. The Kier molecular flexibility index (Phi) is 7.60. The first-order chi connectivity index (χ1) is 9.97. The topological polar surface area (TPSA) is 20.2 Å². The van der Waals surface area contributed by atoms with Crippen LogP contribution >= 0.6 is 0 Å². The van der Waals surface area contributed by atoms with Crippen molar-refractivity contribution in [2.45, 2.75) is 40.5 Å². The standard InChI is InChI=1S/C10H14O.C10H14/c1-8(2)7-9-3-5-10(11)6-4-9;1-9(2)8-10-6-4-3-5-7-10/h3-6,8,11H,7H2,1-2H3;3-7,9H,8H2,1-2H3. The summed E-state index contributed by atoms with van der Waals surface area (Å²) < 4.78 is 0. The zero-order valence-corrected chi connectivity index (χ0v) is 13.7. The minimum Gasteiger partial charge on any atom is -0.508 e. The second-order valence-electron chi connectivity index (χ2n) is 6.35. The Hall–Kier alpha value is -1.76. The van der Waals surface area contributed by atoms with Gasteiger partial charge in [-0.05, 0) is 47.9 Å². The minimum atomic E-state index is 0.345. The molecule has 0 spiro atoms.